The average Bonchev–Trinajstić information content (AvgIpc) is 2.39. The minimum atomic E-state index is 0.00500. The van der Waals surface area contributed by atoms with E-state index in [2.05, 4.69) is 13.0 Å². The Bertz CT molecular complexity index is 403. The molecule has 0 aromatic heterocycles. The zero-order chi connectivity index (χ0) is 12.7. The molecular formula is C14H18N2O. The molecule has 0 radical (unpaired) electrons. The molecule has 0 saturated heterocycles. The highest BCUT2D eigenvalue weighted by molar-refractivity contribution is 5.94. The third kappa shape index (κ3) is 3.60. The summed E-state index contributed by atoms with van der Waals surface area (Å²) in [5.74, 6) is 0.00500. The van der Waals surface area contributed by atoms with Crippen LogP contribution < -0.4 is 0 Å². The van der Waals surface area contributed by atoms with Crippen LogP contribution >= 0.6 is 0 Å². The molecule has 0 aliphatic carbocycles. The number of benzene rings is 1. The van der Waals surface area contributed by atoms with E-state index in [0.29, 0.717) is 25.1 Å². The highest BCUT2D eigenvalue weighted by Crippen LogP contribution is 2.08. The Morgan fingerprint density at radius 2 is 1.94 bits per heavy atom. The molecule has 1 amide bonds. The number of nitriles is 1. The van der Waals surface area contributed by atoms with Gasteiger partial charge in [0.2, 0.25) is 0 Å². The van der Waals surface area contributed by atoms with Gasteiger partial charge in [0.05, 0.1) is 12.5 Å². The Morgan fingerprint density at radius 3 is 2.41 bits per heavy atom. The van der Waals surface area contributed by atoms with E-state index < -0.39 is 0 Å². The van der Waals surface area contributed by atoms with Gasteiger partial charge in [-0.15, -0.1) is 0 Å². The molecule has 1 rings (SSSR count). The summed E-state index contributed by atoms with van der Waals surface area (Å²) < 4.78 is 0. The predicted octanol–water partition coefficient (Wildman–Crippen LogP) is 2.62. The van der Waals surface area contributed by atoms with Crippen molar-refractivity contribution in [2.75, 3.05) is 13.1 Å². The zero-order valence-corrected chi connectivity index (χ0v) is 10.4. The van der Waals surface area contributed by atoms with Crippen LogP contribution in [-0.2, 0) is 6.42 Å². The Kier molecular flexibility index (Phi) is 5.22. The lowest BCUT2D eigenvalue weighted by molar-refractivity contribution is 0.0768. The quantitative estimate of drug-likeness (QED) is 0.780. The van der Waals surface area contributed by atoms with Crippen LogP contribution in [0.2, 0.25) is 0 Å². The van der Waals surface area contributed by atoms with Crippen molar-refractivity contribution in [3.8, 4) is 6.07 Å². The van der Waals surface area contributed by atoms with Crippen molar-refractivity contribution in [2.24, 2.45) is 0 Å². The van der Waals surface area contributed by atoms with Crippen molar-refractivity contribution in [3.05, 3.63) is 35.4 Å². The minimum Gasteiger partial charge on any atom is -0.338 e. The molecule has 0 unspecified atom stereocenters. The molecule has 17 heavy (non-hydrogen) atoms. The summed E-state index contributed by atoms with van der Waals surface area (Å²) in [5, 5.41) is 8.54. The van der Waals surface area contributed by atoms with Crippen LogP contribution in [0.25, 0.3) is 0 Å². The molecule has 3 nitrogen and oxygen atoms in total. The number of hydrogen-bond donors (Lipinski definition) is 0. The van der Waals surface area contributed by atoms with Gasteiger partial charge in [0.25, 0.3) is 5.91 Å². The van der Waals surface area contributed by atoms with Crippen LogP contribution in [0.15, 0.2) is 24.3 Å². The van der Waals surface area contributed by atoms with E-state index in [4.69, 9.17) is 5.26 Å². The van der Waals surface area contributed by atoms with Crippen molar-refractivity contribution in [1.29, 1.82) is 5.26 Å². The third-order valence-corrected chi connectivity index (χ3v) is 2.77. The molecule has 90 valence electrons. The minimum absolute atomic E-state index is 0.00500. The first-order valence-electron chi connectivity index (χ1n) is 5.98. The van der Waals surface area contributed by atoms with Crippen molar-refractivity contribution < 1.29 is 4.79 Å². The molecule has 1 aromatic carbocycles. The van der Waals surface area contributed by atoms with E-state index >= 15 is 0 Å². The van der Waals surface area contributed by atoms with Crippen LogP contribution in [0.1, 0.15) is 36.2 Å². The van der Waals surface area contributed by atoms with E-state index in [0.717, 1.165) is 6.42 Å². The zero-order valence-electron chi connectivity index (χ0n) is 10.4. The van der Waals surface area contributed by atoms with E-state index in [1.54, 1.807) is 4.90 Å². The van der Waals surface area contributed by atoms with Gasteiger partial charge in [0, 0.05) is 18.7 Å². The predicted molar refractivity (Wildman–Crippen MR) is 67.6 cm³/mol. The summed E-state index contributed by atoms with van der Waals surface area (Å²) in [6.45, 7) is 5.15. The van der Waals surface area contributed by atoms with Crippen molar-refractivity contribution in [3.63, 3.8) is 0 Å². The first-order valence-corrected chi connectivity index (χ1v) is 5.98. The van der Waals surface area contributed by atoms with Gasteiger partial charge in [-0.2, -0.15) is 5.26 Å². The molecule has 0 saturated carbocycles. The second-order valence-corrected chi connectivity index (χ2v) is 3.84. The molecule has 0 heterocycles. The van der Waals surface area contributed by atoms with Crippen LogP contribution in [0, 0.1) is 11.3 Å². The SMILES string of the molecule is CCc1ccc(C(=O)N(CC)CCC#N)cc1. The maximum Gasteiger partial charge on any atom is 0.253 e. The van der Waals surface area contributed by atoms with Crippen LogP contribution in [0.5, 0.6) is 0 Å². The van der Waals surface area contributed by atoms with E-state index in [-0.39, 0.29) is 5.91 Å². The fraction of sp³-hybridized carbons (Fsp3) is 0.429. The fourth-order valence-electron chi connectivity index (χ4n) is 1.65. The summed E-state index contributed by atoms with van der Waals surface area (Å²) >= 11 is 0. The lowest BCUT2D eigenvalue weighted by Gasteiger charge is -2.19. The average molecular weight is 230 g/mol. The molecule has 0 bridgehead atoms. The second kappa shape index (κ2) is 6.70. The van der Waals surface area contributed by atoms with Crippen molar-refractivity contribution in [1.82, 2.24) is 4.90 Å². The van der Waals surface area contributed by atoms with Gasteiger partial charge in [-0.1, -0.05) is 19.1 Å². The Hall–Kier alpha value is -1.82. The molecule has 3 heteroatoms. The maximum absolute atomic E-state index is 12.1. The lowest BCUT2D eigenvalue weighted by atomic mass is 10.1. The lowest BCUT2D eigenvalue weighted by Crippen LogP contribution is -2.31. The molecule has 0 aliphatic heterocycles. The van der Waals surface area contributed by atoms with Gasteiger partial charge in [-0.25, -0.2) is 0 Å². The van der Waals surface area contributed by atoms with Crippen LogP contribution in [-0.4, -0.2) is 23.9 Å². The number of hydrogen-bond acceptors (Lipinski definition) is 2. The monoisotopic (exact) mass is 230 g/mol. The third-order valence-electron chi connectivity index (χ3n) is 2.77. The topological polar surface area (TPSA) is 44.1 Å². The van der Waals surface area contributed by atoms with Gasteiger partial charge in [-0.05, 0) is 31.0 Å². The largest absolute Gasteiger partial charge is 0.338 e. The Balaban J connectivity index is 2.75. The van der Waals surface area contributed by atoms with Gasteiger partial charge in [-0.3, -0.25) is 4.79 Å². The maximum atomic E-state index is 12.1. The van der Waals surface area contributed by atoms with Gasteiger partial charge in [0.15, 0.2) is 0 Å². The molecule has 0 fully saturated rings. The second-order valence-electron chi connectivity index (χ2n) is 3.84. The number of aryl methyl sites for hydroxylation is 1. The van der Waals surface area contributed by atoms with Crippen LogP contribution in [0.4, 0.5) is 0 Å². The standard InChI is InChI=1S/C14H18N2O/c1-3-12-6-8-13(9-7-12)14(17)16(4-2)11-5-10-15/h6-9H,3-5,11H2,1-2H3. The molecule has 0 spiro atoms. The van der Waals surface area contributed by atoms with Crippen molar-refractivity contribution in [2.45, 2.75) is 26.7 Å². The summed E-state index contributed by atoms with van der Waals surface area (Å²) in [7, 11) is 0. The molecule has 0 aliphatic rings. The normalized spacial score (nSPS) is 9.71. The highest BCUT2D eigenvalue weighted by Gasteiger charge is 2.13. The highest BCUT2D eigenvalue weighted by atomic mass is 16.2. The van der Waals surface area contributed by atoms with E-state index in [9.17, 15) is 4.79 Å². The fourth-order valence-corrected chi connectivity index (χ4v) is 1.65. The van der Waals surface area contributed by atoms with Gasteiger partial charge >= 0.3 is 0 Å². The number of amides is 1. The first-order chi connectivity index (χ1) is 8.22. The molecule has 1 aromatic rings. The van der Waals surface area contributed by atoms with Gasteiger partial charge in [0.1, 0.15) is 0 Å². The van der Waals surface area contributed by atoms with E-state index in [1.165, 1.54) is 5.56 Å². The smallest absolute Gasteiger partial charge is 0.253 e. The van der Waals surface area contributed by atoms with Gasteiger partial charge < -0.3 is 4.90 Å². The number of carbonyl (C=O) groups is 1. The van der Waals surface area contributed by atoms with Crippen molar-refractivity contribution >= 4 is 5.91 Å². The Morgan fingerprint density at radius 1 is 1.29 bits per heavy atom. The first kappa shape index (κ1) is 13.2. The molecular weight excluding hydrogens is 212 g/mol. The summed E-state index contributed by atoms with van der Waals surface area (Å²) in [6, 6.07) is 9.73. The summed E-state index contributed by atoms with van der Waals surface area (Å²) in [5.41, 5.74) is 1.92. The van der Waals surface area contributed by atoms with Crippen LogP contribution in [0.3, 0.4) is 0 Å². The molecule has 0 N–H and O–H groups in total. The number of carbonyl (C=O) groups excluding carboxylic acids is 1. The van der Waals surface area contributed by atoms with E-state index in [1.807, 2.05) is 31.2 Å². The summed E-state index contributed by atoms with van der Waals surface area (Å²) in [4.78, 5) is 13.8. The Labute approximate surface area is 103 Å². The molecule has 0 atom stereocenters. The number of nitrogens with zero attached hydrogens (tertiary/aromatic N) is 2. The number of rotatable bonds is 5. The summed E-state index contributed by atoms with van der Waals surface area (Å²) in [6.07, 6.45) is 1.35.